The van der Waals surface area contributed by atoms with Crippen LogP contribution in [0.25, 0.3) is 5.65 Å². The first-order valence-electron chi connectivity index (χ1n) is 9.63. The Kier molecular flexibility index (Phi) is 5.31. The van der Waals surface area contributed by atoms with E-state index in [0.29, 0.717) is 12.3 Å². The number of hydrogen-bond donors (Lipinski definition) is 3. The number of fused-ring (bicyclic) bond motifs is 1. The van der Waals surface area contributed by atoms with Crippen LogP contribution in [-0.4, -0.2) is 31.5 Å². The molecule has 2 unspecified atom stereocenters. The minimum Gasteiger partial charge on any atom is -0.345 e. The molecule has 1 amide bonds. The van der Waals surface area contributed by atoms with Gasteiger partial charge in [-0.15, -0.1) is 10.2 Å². The minimum atomic E-state index is -0.313. The molecule has 1 aliphatic rings. The maximum atomic E-state index is 13.0. The van der Waals surface area contributed by atoms with Gasteiger partial charge in [-0.25, -0.2) is 10.9 Å². The molecule has 4 rings (SSSR count). The standard InChI is InChI=1S/C20H25N7O/c1-13(2)11-16(19-26-25-18-5-3-4-10-27(18)19)22-20(28)17-12-15(23-24-17)14-6-8-21-9-7-14/h3-10,13,15-17,23-24H,11-12H2,1-2H3,(H,22,28)/t15?,16-,17?/m1/s1. The van der Waals surface area contributed by atoms with Crippen molar-refractivity contribution in [3.05, 3.63) is 60.3 Å². The first-order valence-corrected chi connectivity index (χ1v) is 9.63. The Morgan fingerprint density at radius 2 is 2.04 bits per heavy atom. The predicted octanol–water partition coefficient (Wildman–Crippen LogP) is 1.94. The number of hydrogen-bond acceptors (Lipinski definition) is 6. The number of hydrazine groups is 1. The summed E-state index contributed by atoms with van der Waals surface area (Å²) in [6.07, 6.45) is 6.91. The lowest BCUT2D eigenvalue weighted by Crippen LogP contribution is -2.45. The van der Waals surface area contributed by atoms with Crippen molar-refractivity contribution in [2.24, 2.45) is 5.92 Å². The number of carbonyl (C=O) groups excluding carboxylic acids is 1. The van der Waals surface area contributed by atoms with Gasteiger partial charge in [0, 0.05) is 24.6 Å². The highest BCUT2D eigenvalue weighted by Crippen LogP contribution is 2.24. The number of pyridine rings is 2. The number of rotatable bonds is 6. The van der Waals surface area contributed by atoms with E-state index < -0.39 is 0 Å². The lowest BCUT2D eigenvalue weighted by Gasteiger charge is -2.21. The van der Waals surface area contributed by atoms with E-state index in [1.54, 1.807) is 12.4 Å². The summed E-state index contributed by atoms with van der Waals surface area (Å²) in [5.41, 5.74) is 8.22. The molecule has 3 aromatic heterocycles. The summed E-state index contributed by atoms with van der Waals surface area (Å²) in [6, 6.07) is 9.27. The van der Waals surface area contributed by atoms with E-state index in [-0.39, 0.29) is 24.0 Å². The van der Waals surface area contributed by atoms with Crippen molar-refractivity contribution < 1.29 is 4.79 Å². The van der Waals surface area contributed by atoms with Crippen molar-refractivity contribution in [2.75, 3.05) is 0 Å². The second kappa shape index (κ2) is 8.04. The quantitative estimate of drug-likeness (QED) is 0.606. The molecule has 3 atom stereocenters. The van der Waals surface area contributed by atoms with E-state index in [4.69, 9.17) is 0 Å². The Bertz CT molecular complexity index is 940. The zero-order valence-corrected chi connectivity index (χ0v) is 16.0. The molecule has 0 bridgehead atoms. The van der Waals surface area contributed by atoms with Crippen LogP contribution in [0.2, 0.25) is 0 Å². The highest BCUT2D eigenvalue weighted by atomic mass is 16.2. The number of aromatic nitrogens is 4. The minimum absolute atomic E-state index is 0.0395. The molecular weight excluding hydrogens is 354 g/mol. The van der Waals surface area contributed by atoms with E-state index in [1.165, 1.54) is 0 Å². The Morgan fingerprint density at radius 3 is 2.82 bits per heavy atom. The molecule has 1 fully saturated rings. The van der Waals surface area contributed by atoms with Gasteiger partial charge in [0.1, 0.15) is 6.04 Å². The van der Waals surface area contributed by atoms with Gasteiger partial charge < -0.3 is 5.32 Å². The van der Waals surface area contributed by atoms with Gasteiger partial charge in [-0.3, -0.25) is 14.2 Å². The van der Waals surface area contributed by atoms with Crippen LogP contribution in [0, 0.1) is 5.92 Å². The number of nitrogens with one attached hydrogen (secondary N) is 3. The number of nitrogens with zero attached hydrogens (tertiary/aromatic N) is 4. The summed E-state index contributed by atoms with van der Waals surface area (Å²) in [5, 5.41) is 11.8. The van der Waals surface area contributed by atoms with Crippen LogP contribution in [0.3, 0.4) is 0 Å². The third-order valence-corrected chi connectivity index (χ3v) is 5.00. The van der Waals surface area contributed by atoms with Crippen LogP contribution in [0.4, 0.5) is 0 Å². The Hall–Kier alpha value is -2.84. The van der Waals surface area contributed by atoms with Crippen molar-refractivity contribution in [1.82, 2.24) is 35.8 Å². The Balaban J connectivity index is 1.49. The summed E-state index contributed by atoms with van der Waals surface area (Å²) in [4.78, 5) is 17.0. The first-order chi connectivity index (χ1) is 13.6. The average molecular weight is 379 g/mol. The molecule has 1 saturated heterocycles. The van der Waals surface area contributed by atoms with Crippen LogP contribution in [0.1, 0.15) is 50.2 Å². The summed E-state index contributed by atoms with van der Waals surface area (Å²) in [6.45, 7) is 4.27. The molecule has 3 N–H and O–H groups in total. The maximum Gasteiger partial charge on any atom is 0.239 e. The van der Waals surface area contributed by atoms with Crippen molar-refractivity contribution in [3.63, 3.8) is 0 Å². The van der Waals surface area contributed by atoms with E-state index in [9.17, 15) is 4.79 Å². The van der Waals surface area contributed by atoms with Crippen LogP contribution >= 0.6 is 0 Å². The van der Waals surface area contributed by atoms with E-state index >= 15 is 0 Å². The molecule has 8 heteroatoms. The fourth-order valence-electron chi connectivity index (χ4n) is 3.61. The normalized spacial score (nSPS) is 20.5. The van der Waals surface area contributed by atoms with Crippen molar-refractivity contribution in [3.8, 4) is 0 Å². The second-order valence-electron chi connectivity index (χ2n) is 7.59. The zero-order chi connectivity index (χ0) is 19.5. The maximum absolute atomic E-state index is 13.0. The molecule has 146 valence electrons. The first kappa shape index (κ1) is 18.5. The molecule has 0 radical (unpaired) electrons. The number of amides is 1. The van der Waals surface area contributed by atoms with Gasteiger partial charge in [-0.1, -0.05) is 19.9 Å². The summed E-state index contributed by atoms with van der Waals surface area (Å²) >= 11 is 0. The lowest BCUT2D eigenvalue weighted by molar-refractivity contribution is -0.123. The van der Waals surface area contributed by atoms with Gasteiger partial charge in [0.2, 0.25) is 5.91 Å². The molecule has 28 heavy (non-hydrogen) atoms. The van der Waals surface area contributed by atoms with Crippen molar-refractivity contribution in [2.45, 2.75) is 44.8 Å². The van der Waals surface area contributed by atoms with Crippen LogP contribution in [0.15, 0.2) is 48.9 Å². The highest BCUT2D eigenvalue weighted by molar-refractivity contribution is 5.82. The van der Waals surface area contributed by atoms with Gasteiger partial charge >= 0.3 is 0 Å². The summed E-state index contributed by atoms with van der Waals surface area (Å²) in [5.74, 6) is 1.12. The molecule has 1 aliphatic heterocycles. The van der Waals surface area contributed by atoms with E-state index in [1.807, 2.05) is 40.9 Å². The van der Waals surface area contributed by atoms with Gasteiger partial charge in [0.25, 0.3) is 0 Å². The molecule has 3 aromatic rings. The molecule has 0 spiro atoms. The Labute approximate surface area is 163 Å². The molecule has 0 saturated carbocycles. The highest BCUT2D eigenvalue weighted by Gasteiger charge is 2.32. The zero-order valence-electron chi connectivity index (χ0n) is 16.0. The van der Waals surface area contributed by atoms with Crippen molar-refractivity contribution in [1.29, 1.82) is 0 Å². The van der Waals surface area contributed by atoms with Gasteiger partial charge in [-0.05, 0) is 48.6 Å². The SMILES string of the molecule is CC(C)C[C@@H](NC(=O)C1CC(c2ccncc2)NN1)c1nnc2ccccn12. The fraction of sp³-hybridized carbons (Fsp3) is 0.400. The predicted molar refractivity (Wildman–Crippen MR) is 105 cm³/mol. The van der Waals surface area contributed by atoms with E-state index in [2.05, 4.69) is 45.2 Å². The summed E-state index contributed by atoms with van der Waals surface area (Å²) in [7, 11) is 0. The Morgan fingerprint density at radius 1 is 1.21 bits per heavy atom. The summed E-state index contributed by atoms with van der Waals surface area (Å²) < 4.78 is 1.94. The van der Waals surface area contributed by atoms with Crippen molar-refractivity contribution >= 4 is 11.6 Å². The molecule has 8 nitrogen and oxygen atoms in total. The van der Waals surface area contributed by atoms with Gasteiger partial charge in [0.15, 0.2) is 11.5 Å². The molecule has 0 aromatic carbocycles. The number of carbonyl (C=O) groups is 1. The molecular formula is C20H25N7O. The van der Waals surface area contributed by atoms with Crippen LogP contribution < -0.4 is 16.2 Å². The van der Waals surface area contributed by atoms with Gasteiger partial charge in [-0.2, -0.15) is 0 Å². The van der Waals surface area contributed by atoms with E-state index in [0.717, 1.165) is 23.5 Å². The third-order valence-electron chi connectivity index (χ3n) is 5.00. The monoisotopic (exact) mass is 379 g/mol. The van der Waals surface area contributed by atoms with Crippen LogP contribution in [-0.2, 0) is 4.79 Å². The largest absolute Gasteiger partial charge is 0.345 e. The third kappa shape index (κ3) is 3.88. The molecule has 0 aliphatic carbocycles. The average Bonchev–Trinajstić information content (AvgIpc) is 3.35. The fourth-order valence-corrected chi connectivity index (χ4v) is 3.61. The second-order valence-corrected chi connectivity index (χ2v) is 7.59. The lowest BCUT2D eigenvalue weighted by atomic mass is 10.0. The van der Waals surface area contributed by atoms with Crippen LogP contribution in [0.5, 0.6) is 0 Å². The topological polar surface area (TPSA) is 96.2 Å². The molecule has 4 heterocycles. The smallest absolute Gasteiger partial charge is 0.239 e. The van der Waals surface area contributed by atoms with Gasteiger partial charge in [0.05, 0.1) is 6.04 Å².